The van der Waals surface area contributed by atoms with E-state index in [4.69, 9.17) is 9.15 Å². The molecule has 0 aliphatic heterocycles. The Morgan fingerprint density at radius 2 is 2.54 bits per heavy atom. The Balaban J connectivity index is 2.19. The van der Waals surface area contributed by atoms with Crippen LogP contribution in [-0.2, 0) is 20.9 Å². The first kappa shape index (κ1) is 9.38. The molecule has 1 heterocycles. The monoisotopic (exact) mass is 182 g/mol. The smallest absolute Gasteiger partial charge is 0.344 e. The minimum atomic E-state index is -0.448. The summed E-state index contributed by atoms with van der Waals surface area (Å²) in [5, 5.41) is 0. The van der Waals surface area contributed by atoms with E-state index in [9.17, 15) is 4.79 Å². The highest BCUT2D eigenvalue weighted by Crippen LogP contribution is 2.01. The van der Waals surface area contributed by atoms with E-state index in [0.717, 1.165) is 0 Å². The van der Waals surface area contributed by atoms with Gasteiger partial charge in [-0.15, -0.1) is 0 Å². The second-order valence-corrected chi connectivity index (χ2v) is 2.22. The molecule has 0 bridgehead atoms. The van der Waals surface area contributed by atoms with Crippen LogP contribution in [0.25, 0.3) is 0 Å². The summed E-state index contributed by atoms with van der Waals surface area (Å²) in [6.45, 7) is 3.30. The number of carbonyl (C=O) groups excluding carboxylic acids is 1. The number of carbonyl (C=O) groups is 1. The van der Waals surface area contributed by atoms with Crippen molar-refractivity contribution in [2.75, 3.05) is 6.61 Å². The number of ether oxygens (including phenoxy) is 2. The zero-order valence-electron chi connectivity index (χ0n) is 7.06. The Hall–Kier alpha value is -1.71. The third-order valence-corrected chi connectivity index (χ3v) is 1.27. The Morgan fingerprint density at radius 3 is 3.15 bits per heavy atom. The molecule has 0 amide bonds. The first-order valence-corrected chi connectivity index (χ1v) is 3.73. The highest BCUT2D eigenvalue weighted by molar-refractivity contribution is 5.70. The number of esters is 1. The molecule has 4 heteroatoms. The predicted molar refractivity (Wildman–Crippen MR) is 44.7 cm³/mol. The van der Waals surface area contributed by atoms with E-state index in [1.54, 1.807) is 12.1 Å². The summed E-state index contributed by atoms with van der Waals surface area (Å²) in [4.78, 5) is 10.9. The first-order chi connectivity index (χ1) is 6.33. The van der Waals surface area contributed by atoms with Crippen molar-refractivity contribution in [2.45, 2.75) is 6.61 Å². The Bertz CT molecular complexity index is 263. The minimum Gasteiger partial charge on any atom is -0.490 e. The van der Waals surface area contributed by atoms with Gasteiger partial charge in [0.2, 0.25) is 0 Å². The number of rotatable bonds is 5. The van der Waals surface area contributed by atoms with Gasteiger partial charge >= 0.3 is 5.97 Å². The third-order valence-electron chi connectivity index (χ3n) is 1.27. The average molecular weight is 182 g/mol. The second-order valence-electron chi connectivity index (χ2n) is 2.22. The maximum atomic E-state index is 10.9. The molecule has 0 spiro atoms. The van der Waals surface area contributed by atoms with Gasteiger partial charge in [-0.05, 0) is 12.1 Å². The van der Waals surface area contributed by atoms with E-state index in [1.165, 1.54) is 12.5 Å². The van der Waals surface area contributed by atoms with Gasteiger partial charge in [0, 0.05) is 0 Å². The van der Waals surface area contributed by atoms with Gasteiger partial charge in [0.15, 0.2) is 6.61 Å². The van der Waals surface area contributed by atoms with Crippen LogP contribution >= 0.6 is 0 Å². The van der Waals surface area contributed by atoms with Crippen molar-refractivity contribution in [3.63, 3.8) is 0 Å². The number of furan rings is 1. The van der Waals surface area contributed by atoms with Crippen LogP contribution in [0.15, 0.2) is 35.7 Å². The lowest BCUT2D eigenvalue weighted by molar-refractivity contribution is -0.148. The summed E-state index contributed by atoms with van der Waals surface area (Å²) in [7, 11) is 0. The summed E-state index contributed by atoms with van der Waals surface area (Å²) in [6.07, 6.45) is 2.71. The average Bonchev–Trinajstić information content (AvgIpc) is 2.64. The molecule has 1 aromatic heterocycles. The van der Waals surface area contributed by atoms with Crippen LogP contribution in [0.2, 0.25) is 0 Å². The van der Waals surface area contributed by atoms with Crippen molar-refractivity contribution in [1.29, 1.82) is 0 Å². The molecule has 0 N–H and O–H groups in total. The lowest BCUT2D eigenvalue weighted by Gasteiger charge is -2.01. The van der Waals surface area contributed by atoms with E-state index >= 15 is 0 Å². The van der Waals surface area contributed by atoms with Crippen LogP contribution in [0.4, 0.5) is 0 Å². The van der Waals surface area contributed by atoms with Crippen LogP contribution in [0.3, 0.4) is 0 Å². The fourth-order valence-corrected chi connectivity index (χ4v) is 0.715. The summed E-state index contributed by atoms with van der Waals surface area (Å²) < 4.78 is 14.4. The van der Waals surface area contributed by atoms with Gasteiger partial charge in [-0.2, -0.15) is 0 Å². The second kappa shape index (κ2) is 5.03. The maximum absolute atomic E-state index is 10.9. The summed E-state index contributed by atoms with van der Waals surface area (Å²) in [5.41, 5.74) is 0. The molecule has 0 saturated heterocycles. The minimum absolute atomic E-state index is 0.121. The van der Waals surface area contributed by atoms with Crippen LogP contribution in [0.1, 0.15) is 5.76 Å². The van der Waals surface area contributed by atoms with E-state index in [0.29, 0.717) is 5.76 Å². The van der Waals surface area contributed by atoms with Crippen molar-refractivity contribution >= 4 is 5.97 Å². The van der Waals surface area contributed by atoms with E-state index in [2.05, 4.69) is 11.3 Å². The molecule has 0 aliphatic carbocycles. The van der Waals surface area contributed by atoms with E-state index < -0.39 is 5.97 Å². The topological polar surface area (TPSA) is 48.7 Å². The molecule has 70 valence electrons. The highest BCUT2D eigenvalue weighted by Gasteiger charge is 2.03. The molecule has 0 unspecified atom stereocenters. The fourth-order valence-electron chi connectivity index (χ4n) is 0.715. The van der Waals surface area contributed by atoms with Crippen molar-refractivity contribution in [3.8, 4) is 0 Å². The van der Waals surface area contributed by atoms with E-state index in [1.807, 2.05) is 0 Å². The van der Waals surface area contributed by atoms with Crippen LogP contribution in [0, 0.1) is 0 Å². The van der Waals surface area contributed by atoms with Crippen molar-refractivity contribution < 1.29 is 18.7 Å². The third kappa shape index (κ3) is 3.46. The van der Waals surface area contributed by atoms with Crippen molar-refractivity contribution in [3.05, 3.63) is 37.0 Å². The predicted octanol–water partition coefficient (Wildman–Crippen LogP) is 1.48. The molecule has 0 aromatic carbocycles. The number of hydrogen-bond acceptors (Lipinski definition) is 4. The molecular weight excluding hydrogens is 172 g/mol. The van der Waals surface area contributed by atoms with Gasteiger partial charge in [-0.3, -0.25) is 0 Å². The lowest BCUT2D eigenvalue weighted by Crippen LogP contribution is -2.10. The van der Waals surface area contributed by atoms with Gasteiger partial charge in [-0.1, -0.05) is 6.58 Å². The lowest BCUT2D eigenvalue weighted by atomic mass is 10.5. The van der Waals surface area contributed by atoms with Gasteiger partial charge in [-0.25, -0.2) is 4.79 Å². The molecule has 1 rings (SSSR count). The Kier molecular flexibility index (Phi) is 3.63. The normalized spacial score (nSPS) is 9.23. The number of hydrogen-bond donors (Lipinski definition) is 0. The van der Waals surface area contributed by atoms with E-state index in [-0.39, 0.29) is 13.2 Å². The molecule has 0 aliphatic rings. The summed E-state index contributed by atoms with van der Waals surface area (Å²) in [5.74, 6) is 0.156. The van der Waals surface area contributed by atoms with Gasteiger partial charge in [0.1, 0.15) is 12.4 Å². The Labute approximate surface area is 75.7 Å². The maximum Gasteiger partial charge on any atom is 0.344 e. The quantitative estimate of drug-likeness (QED) is 0.511. The highest BCUT2D eigenvalue weighted by atomic mass is 16.6. The zero-order valence-corrected chi connectivity index (χ0v) is 7.06. The molecule has 4 nitrogen and oxygen atoms in total. The molecule has 0 saturated carbocycles. The molecule has 13 heavy (non-hydrogen) atoms. The molecule has 0 fully saturated rings. The standard InChI is InChI=1S/C9H10O4/c1-2-11-7-9(10)13-6-8-4-3-5-12-8/h2-5H,1,6-7H2. The molecule has 0 atom stereocenters. The fraction of sp³-hybridized carbons (Fsp3) is 0.222. The van der Waals surface area contributed by atoms with Gasteiger partial charge in [0.25, 0.3) is 0 Å². The SMILES string of the molecule is C=COCC(=O)OCc1ccco1. The van der Waals surface area contributed by atoms with Gasteiger partial charge in [0.05, 0.1) is 12.5 Å². The zero-order chi connectivity index (χ0) is 9.52. The van der Waals surface area contributed by atoms with Crippen molar-refractivity contribution in [2.24, 2.45) is 0 Å². The summed E-state index contributed by atoms with van der Waals surface area (Å²) >= 11 is 0. The summed E-state index contributed by atoms with van der Waals surface area (Å²) in [6, 6.07) is 3.45. The van der Waals surface area contributed by atoms with Crippen molar-refractivity contribution in [1.82, 2.24) is 0 Å². The van der Waals surface area contributed by atoms with Crippen LogP contribution < -0.4 is 0 Å². The van der Waals surface area contributed by atoms with Crippen LogP contribution in [0.5, 0.6) is 0 Å². The van der Waals surface area contributed by atoms with Crippen LogP contribution in [-0.4, -0.2) is 12.6 Å². The largest absolute Gasteiger partial charge is 0.490 e. The molecule has 1 aromatic rings. The first-order valence-electron chi connectivity index (χ1n) is 3.73. The Morgan fingerprint density at radius 1 is 1.69 bits per heavy atom. The molecular formula is C9H10O4. The molecule has 0 radical (unpaired) electrons. The van der Waals surface area contributed by atoms with Gasteiger partial charge < -0.3 is 13.9 Å².